The van der Waals surface area contributed by atoms with Crippen LogP contribution in [0.2, 0.25) is 0 Å². The van der Waals surface area contributed by atoms with Gasteiger partial charge < -0.3 is 4.42 Å². The Hall–Kier alpha value is -2.41. The molecule has 0 bridgehead atoms. The standard InChI is InChI=1S/C15H15N3O3S/c1-11-8-14(21-12(11)2)15-16-9-17-18(15)10-22(19,20)13-6-4-3-5-7-13/h3-9H,10H2,1-2H3. The molecule has 0 aliphatic carbocycles. The van der Waals surface area contributed by atoms with Crippen LogP contribution < -0.4 is 0 Å². The molecular formula is C15H15N3O3S. The predicted octanol–water partition coefficient (Wildman–Crippen LogP) is 2.59. The summed E-state index contributed by atoms with van der Waals surface area (Å²) in [7, 11) is -3.50. The minimum atomic E-state index is -3.50. The third-order valence-electron chi connectivity index (χ3n) is 3.40. The van der Waals surface area contributed by atoms with E-state index in [1.807, 2.05) is 19.9 Å². The topological polar surface area (TPSA) is 78.0 Å². The molecule has 3 rings (SSSR count). The number of nitrogens with zero attached hydrogens (tertiary/aromatic N) is 3. The zero-order chi connectivity index (χ0) is 15.7. The first-order valence-corrected chi connectivity index (χ1v) is 8.35. The Labute approximate surface area is 128 Å². The Morgan fingerprint density at radius 2 is 1.91 bits per heavy atom. The van der Waals surface area contributed by atoms with Crippen LogP contribution in [-0.2, 0) is 15.7 Å². The quantitative estimate of drug-likeness (QED) is 0.739. The van der Waals surface area contributed by atoms with Crippen molar-refractivity contribution in [1.82, 2.24) is 14.8 Å². The van der Waals surface area contributed by atoms with E-state index in [0.29, 0.717) is 11.6 Å². The summed E-state index contributed by atoms with van der Waals surface area (Å²) in [5.74, 6) is 1.40. The van der Waals surface area contributed by atoms with Crippen molar-refractivity contribution in [2.75, 3.05) is 0 Å². The van der Waals surface area contributed by atoms with Gasteiger partial charge in [0.25, 0.3) is 0 Å². The molecule has 7 heteroatoms. The van der Waals surface area contributed by atoms with Crippen molar-refractivity contribution in [2.45, 2.75) is 24.6 Å². The zero-order valence-electron chi connectivity index (χ0n) is 12.2. The molecule has 0 radical (unpaired) electrons. The van der Waals surface area contributed by atoms with Gasteiger partial charge in [-0.15, -0.1) is 0 Å². The number of rotatable bonds is 4. The van der Waals surface area contributed by atoms with Crippen LogP contribution in [0.25, 0.3) is 11.6 Å². The van der Waals surface area contributed by atoms with Crippen molar-refractivity contribution in [3.8, 4) is 11.6 Å². The van der Waals surface area contributed by atoms with Crippen LogP contribution in [0.5, 0.6) is 0 Å². The van der Waals surface area contributed by atoms with E-state index in [4.69, 9.17) is 4.42 Å². The second-order valence-electron chi connectivity index (χ2n) is 4.99. The van der Waals surface area contributed by atoms with Gasteiger partial charge in [0.1, 0.15) is 18.0 Å². The second kappa shape index (κ2) is 5.42. The number of aryl methyl sites for hydroxylation is 2. The van der Waals surface area contributed by atoms with Crippen LogP contribution in [0.3, 0.4) is 0 Å². The van der Waals surface area contributed by atoms with Gasteiger partial charge in [-0.1, -0.05) is 18.2 Å². The summed E-state index contributed by atoms with van der Waals surface area (Å²) >= 11 is 0. The molecule has 0 aliphatic heterocycles. The summed E-state index contributed by atoms with van der Waals surface area (Å²) in [6.07, 6.45) is 1.32. The van der Waals surface area contributed by atoms with E-state index >= 15 is 0 Å². The summed E-state index contributed by atoms with van der Waals surface area (Å²) in [4.78, 5) is 4.37. The van der Waals surface area contributed by atoms with Gasteiger partial charge in [-0.05, 0) is 37.6 Å². The lowest BCUT2D eigenvalue weighted by atomic mass is 10.3. The van der Waals surface area contributed by atoms with Crippen molar-refractivity contribution in [2.24, 2.45) is 0 Å². The minimum Gasteiger partial charge on any atom is -0.458 e. The van der Waals surface area contributed by atoms with Gasteiger partial charge in [-0.3, -0.25) is 0 Å². The smallest absolute Gasteiger partial charge is 0.198 e. The van der Waals surface area contributed by atoms with Crippen molar-refractivity contribution in [3.63, 3.8) is 0 Å². The summed E-state index contributed by atoms with van der Waals surface area (Å²) < 4.78 is 31.8. The van der Waals surface area contributed by atoms with Crippen molar-refractivity contribution in [3.05, 3.63) is 54.0 Å². The molecule has 0 atom stereocenters. The molecule has 6 nitrogen and oxygen atoms in total. The molecule has 0 amide bonds. The monoisotopic (exact) mass is 317 g/mol. The molecule has 0 fully saturated rings. The van der Waals surface area contributed by atoms with Crippen molar-refractivity contribution >= 4 is 9.84 Å². The third kappa shape index (κ3) is 2.67. The van der Waals surface area contributed by atoms with Crippen LogP contribution >= 0.6 is 0 Å². The number of aromatic nitrogens is 3. The number of sulfone groups is 1. The fourth-order valence-corrected chi connectivity index (χ4v) is 3.33. The van der Waals surface area contributed by atoms with Crippen LogP contribution in [0.15, 0.2) is 52.0 Å². The highest BCUT2D eigenvalue weighted by molar-refractivity contribution is 7.90. The van der Waals surface area contributed by atoms with E-state index in [-0.39, 0.29) is 10.8 Å². The Kier molecular flexibility index (Phi) is 3.58. The lowest BCUT2D eigenvalue weighted by molar-refractivity contribution is 0.533. The molecule has 0 spiro atoms. The fraction of sp³-hybridized carbons (Fsp3) is 0.200. The van der Waals surface area contributed by atoms with Crippen molar-refractivity contribution < 1.29 is 12.8 Å². The summed E-state index contributed by atoms with van der Waals surface area (Å²) in [6.45, 7) is 3.77. The molecule has 0 saturated carbocycles. The highest BCUT2D eigenvalue weighted by Gasteiger charge is 2.20. The maximum atomic E-state index is 12.4. The number of hydrogen-bond donors (Lipinski definition) is 0. The lowest BCUT2D eigenvalue weighted by Crippen LogP contribution is -2.13. The molecular weight excluding hydrogens is 302 g/mol. The average molecular weight is 317 g/mol. The van der Waals surface area contributed by atoms with Crippen LogP contribution in [0.4, 0.5) is 0 Å². The molecule has 22 heavy (non-hydrogen) atoms. The Morgan fingerprint density at radius 3 is 2.55 bits per heavy atom. The first-order valence-electron chi connectivity index (χ1n) is 6.70. The van der Waals surface area contributed by atoms with E-state index in [2.05, 4.69) is 10.1 Å². The lowest BCUT2D eigenvalue weighted by Gasteiger charge is -2.06. The molecule has 0 N–H and O–H groups in total. The number of benzene rings is 1. The Balaban J connectivity index is 1.96. The molecule has 114 valence electrons. The van der Waals surface area contributed by atoms with Gasteiger partial charge >= 0.3 is 0 Å². The second-order valence-corrected chi connectivity index (χ2v) is 6.95. The highest BCUT2D eigenvalue weighted by Crippen LogP contribution is 2.24. The maximum Gasteiger partial charge on any atom is 0.198 e. The SMILES string of the molecule is Cc1cc(-c2ncnn2CS(=O)(=O)c2ccccc2)oc1C. The van der Waals surface area contributed by atoms with E-state index in [9.17, 15) is 8.42 Å². The normalized spacial score (nSPS) is 11.7. The maximum absolute atomic E-state index is 12.4. The van der Waals surface area contributed by atoms with Gasteiger partial charge in [0, 0.05) is 0 Å². The molecule has 2 aromatic heterocycles. The average Bonchev–Trinajstić information content (AvgIpc) is 3.07. The minimum absolute atomic E-state index is 0.253. The van der Waals surface area contributed by atoms with Gasteiger partial charge in [-0.25, -0.2) is 18.1 Å². The molecule has 0 unspecified atom stereocenters. The van der Waals surface area contributed by atoms with Gasteiger partial charge in [0.15, 0.2) is 21.4 Å². The third-order valence-corrected chi connectivity index (χ3v) is 4.97. The molecule has 0 saturated heterocycles. The predicted molar refractivity (Wildman–Crippen MR) is 80.8 cm³/mol. The molecule has 2 heterocycles. The fourth-order valence-electron chi connectivity index (χ4n) is 2.10. The first-order chi connectivity index (χ1) is 10.5. The molecule has 0 aliphatic rings. The van der Waals surface area contributed by atoms with Crippen LogP contribution in [0.1, 0.15) is 11.3 Å². The highest BCUT2D eigenvalue weighted by atomic mass is 32.2. The van der Waals surface area contributed by atoms with Gasteiger partial charge in [-0.2, -0.15) is 5.10 Å². The van der Waals surface area contributed by atoms with E-state index in [1.54, 1.807) is 30.3 Å². The molecule has 1 aromatic carbocycles. The van der Waals surface area contributed by atoms with Crippen LogP contribution in [0, 0.1) is 13.8 Å². The first kappa shape index (κ1) is 14.5. The Bertz CT molecular complexity index is 876. The summed E-state index contributed by atoms with van der Waals surface area (Å²) in [6, 6.07) is 10.1. The number of furan rings is 1. The molecule has 3 aromatic rings. The van der Waals surface area contributed by atoms with Crippen molar-refractivity contribution in [1.29, 1.82) is 0 Å². The summed E-state index contributed by atoms with van der Waals surface area (Å²) in [5, 5.41) is 4.01. The number of hydrogen-bond acceptors (Lipinski definition) is 5. The summed E-state index contributed by atoms with van der Waals surface area (Å²) in [5.41, 5.74) is 0.982. The Morgan fingerprint density at radius 1 is 1.18 bits per heavy atom. The zero-order valence-corrected chi connectivity index (χ0v) is 13.0. The van der Waals surface area contributed by atoms with Gasteiger partial charge in [0.2, 0.25) is 0 Å². The largest absolute Gasteiger partial charge is 0.458 e. The van der Waals surface area contributed by atoms with E-state index in [1.165, 1.54) is 11.0 Å². The van der Waals surface area contributed by atoms with Gasteiger partial charge in [0.05, 0.1) is 4.90 Å². The van der Waals surface area contributed by atoms with E-state index in [0.717, 1.165) is 11.3 Å². The van der Waals surface area contributed by atoms with E-state index < -0.39 is 9.84 Å². The van der Waals surface area contributed by atoms with Crippen LogP contribution in [-0.4, -0.2) is 23.2 Å².